The van der Waals surface area contributed by atoms with Crippen molar-refractivity contribution in [1.29, 1.82) is 0 Å². The van der Waals surface area contributed by atoms with Gasteiger partial charge in [0.05, 0.1) is 0 Å². The van der Waals surface area contributed by atoms with Gasteiger partial charge in [-0.15, -0.1) is 11.8 Å². The average molecular weight is 347 g/mol. The molecule has 4 nitrogen and oxygen atoms in total. The van der Waals surface area contributed by atoms with Crippen LogP contribution in [0.4, 0.5) is 5.69 Å². The molecule has 0 saturated heterocycles. The summed E-state index contributed by atoms with van der Waals surface area (Å²) in [5.74, 6) is 0.701. The van der Waals surface area contributed by atoms with Crippen LogP contribution in [0.25, 0.3) is 6.08 Å². The summed E-state index contributed by atoms with van der Waals surface area (Å²) in [6, 6.07) is 15.5. The van der Waals surface area contributed by atoms with Crippen molar-refractivity contribution in [3.8, 4) is 0 Å². The van der Waals surface area contributed by atoms with Crippen LogP contribution in [0.15, 0.2) is 84.3 Å². The molecule has 0 spiro atoms. The molecule has 1 aromatic carbocycles. The van der Waals surface area contributed by atoms with Crippen LogP contribution in [0.1, 0.15) is 11.1 Å². The number of nitrogens with one attached hydrogen (secondary N) is 1. The third-order valence-electron chi connectivity index (χ3n) is 3.36. The third kappa shape index (κ3) is 5.58. The van der Waals surface area contributed by atoms with Crippen molar-refractivity contribution in [1.82, 2.24) is 9.97 Å². The van der Waals surface area contributed by atoms with Crippen molar-refractivity contribution in [2.24, 2.45) is 0 Å². The standard InChI is InChI=1S/C20H17N3OS/c24-20(10-5-16-3-1-11-21-13-16)23-18-6-8-19(9-7-18)25-15-17-4-2-12-22-14-17/h1-14H,15H2,(H,23,24)/b10-5+. The van der Waals surface area contributed by atoms with Crippen LogP contribution >= 0.6 is 11.8 Å². The Kier molecular flexibility index (Phi) is 5.96. The third-order valence-corrected chi connectivity index (χ3v) is 4.44. The lowest BCUT2D eigenvalue weighted by molar-refractivity contribution is -0.111. The topological polar surface area (TPSA) is 54.9 Å². The van der Waals surface area contributed by atoms with Crippen molar-refractivity contribution < 1.29 is 4.79 Å². The fourth-order valence-electron chi connectivity index (χ4n) is 2.12. The Hall–Kier alpha value is -2.92. The van der Waals surface area contributed by atoms with E-state index in [1.165, 1.54) is 11.6 Å². The number of aromatic nitrogens is 2. The Labute approximate surface area is 151 Å². The molecule has 3 aromatic rings. The predicted molar refractivity (Wildman–Crippen MR) is 102 cm³/mol. The normalized spacial score (nSPS) is 10.7. The molecule has 1 N–H and O–H groups in total. The molecule has 3 rings (SSSR count). The van der Waals surface area contributed by atoms with Crippen LogP contribution < -0.4 is 5.32 Å². The van der Waals surface area contributed by atoms with E-state index in [9.17, 15) is 4.79 Å². The Morgan fingerprint density at radius 1 is 1.00 bits per heavy atom. The van der Waals surface area contributed by atoms with Gasteiger partial charge in [0.25, 0.3) is 0 Å². The SMILES string of the molecule is O=C(/C=C/c1cccnc1)Nc1ccc(SCc2cccnc2)cc1. The molecule has 0 atom stereocenters. The molecule has 0 fully saturated rings. The van der Waals surface area contributed by atoms with Gasteiger partial charge in [-0.1, -0.05) is 12.1 Å². The number of benzene rings is 1. The molecule has 1 amide bonds. The number of carbonyl (C=O) groups excluding carboxylic acids is 1. The first-order chi connectivity index (χ1) is 12.3. The van der Waals surface area contributed by atoms with Crippen molar-refractivity contribution in [2.75, 3.05) is 5.32 Å². The molecule has 0 saturated carbocycles. The fraction of sp³-hybridized carbons (Fsp3) is 0.0500. The number of pyridine rings is 2. The number of thioether (sulfide) groups is 1. The zero-order chi connectivity index (χ0) is 17.3. The summed E-state index contributed by atoms with van der Waals surface area (Å²) in [6.45, 7) is 0. The molecule has 2 heterocycles. The van der Waals surface area contributed by atoms with Crippen LogP contribution in [0.3, 0.4) is 0 Å². The van der Waals surface area contributed by atoms with E-state index in [1.54, 1.807) is 36.4 Å². The largest absolute Gasteiger partial charge is 0.323 e. The first-order valence-electron chi connectivity index (χ1n) is 7.80. The number of anilines is 1. The van der Waals surface area contributed by atoms with Gasteiger partial charge in [0.15, 0.2) is 0 Å². The minimum absolute atomic E-state index is 0.167. The second-order valence-electron chi connectivity index (χ2n) is 5.28. The first kappa shape index (κ1) is 16.9. The molecule has 25 heavy (non-hydrogen) atoms. The van der Waals surface area contributed by atoms with E-state index >= 15 is 0 Å². The maximum absolute atomic E-state index is 12.0. The number of amides is 1. The molecule has 0 aliphatic heterocycles. The van der Waals surface area contributed by atoms with Crippen molar-refractivity contribution >= 4 is 29.4 Å². The highest BCUT2D eigenvalue weighted by Crippen LogP contribution is 2.23. The Morgan fingerprint density at radius 2 is 1.76 bits per heavy atom. The first-order valence-corrected chi connectivity index (χ1v) is 8.79. The molecule has 124 valence electrons. The highest BCUT2D eigenvalue weighted by molar-refractivity contribution is 7.98. The number of hydrogen-bond acceptors (Lipinski definition) is 4. The minimum atomic E-state index is -0.167. The van der Waals surface area contributed by atoms with Gasteiger partial charge in [-0.25, -0.2) is 0 Å². The van der Waals surface area contributed by atoms with Gasteiger partial charge in [-0.2, -0.15) is 0 Å². The second kappa shape index (κ2) is 8.80. The van der Waals surface area contributed by atoms with Crippen molar-refractivity contribution in [2.45, 2.75) is 10.6 Å². The van der Waals surface area contributed by atoms with Gasteiger partial charge in [0.2, 0.25) is 5.91 Å². The fourth-order valence-corrected chi connectivity index (χ4v) is 2.95. The van der Waals surface area contributed by atoms with Crippen molar-refractivity contribution in [3.63, 3.8) is 0 Å². The lowest BCUT2D eigenvalue weighted by Gasteiger charge is -2.05. The van der Waals surface area contributed by atoms with Crippen LogP contribution in [0, 0.1) is 0 Å². The number of rotatable bonds is 6. The van der Waals surface area contributed by atoms with Gasteiger partial charge < -0.3 is 5.32 Å². The van der Waals surface area contributed by atoms with Gasteiger partial charge in [-0.05, 0) is 53.6 Å². The van der Waals surface area contributed by atoms with Gasteiger partial charge in [0.1, 0.15) is 0 Å². The van der Waals surface area contributed by atoms with Gasteiger partial charge >= 0.3 is 0 Å². The maximum atomic E-state index is 12.0. The molecule has 0 unspecified atom stereocenters. The Bertz CT molecular complexity index is 834. The summed E-state index contributed by atoms with van der Waals surface area (Å²) in [6.07, 6.45) is 10.3. The highest BCUT2D eigenvalue weighted by Gasteiger charge is 2.00. The van der Waals surface area contributed by atoms with Crippen LogP contribution in [0.5, 0.6) is 0 Å². The van der Waals surface area contributed by atoms with E-state index < -0.39 is 0 Å². The van der Waals surface area contributed by atoms with Gasteiger partial charge in [0, 0.05) is 47.2 Å². The summed E-state index contributed by atoms with van der Waals surface area (Å²) >= 11 is 1.74. The zero-order valence-corrected chi connectivity index (χ0v) is 14.3. The molecule has 0 aliphatic carbocycles. The molecular formula is C20H17N3OS. The lowest BCUT2D eigenvalue weighted by atomic mass is 10.2. The number of carbonyl (C=O) groups is 1. The Balaban J connectivity index is 1.52. The van der Waals surface area contributed by atoms with Crippen molar-refractivity contribution in [3.05, 3.63) is 90.5 Å². The summed E-state index contributed by atoms with van der Waals surface area (Å²) in [7, 11) is 0. The summed E-state index contributed by atoms with van der Waals surface area (Å²) in [4.78, 5) is 21.2. The predicted octanol–water partition coefficient (Wildman–Crippen LogP) is 4.42. The molecule has 0 aliphatic rings. The second-order valence-corrected chi connectivity index (χ2v) is 6.33. The quantitative estimate of drug-likeness (QED) is 0.530. The molecule has 0 bridgehead atoms. The van der Waals surface area contributed by atoms with E-state index in [-0.39, 0.29) is 5.91 Å². The van der Waals surface area contributed by atoms with E-state index in [2.05, 4.69) is 21.4 Å². The molecule has 2 aromatic heterocycles. The lowest BCUT2D eigenvalue weighted by Crippen LogP contribution is -2.07. The van der Waals surface area contributed by atoms with Gasteiger partial charge in [-0.3, -0.25) is 14.8 Å². The maximum Gasteiger partial charge on any atom is 0.248 e. The van der Waals surface area contributed by atoms with Crippen LogP contribution in [-0.2, 0) is 10.5 Å². The minimum Gasteiger partial charge on any atom is -0.323 e. The number of nitrogens with zero attached hydrogens (tertiary/aromatic N) is 2. The van der Waals surface area contributed by atoms with E-state index in [4.69, 9.17) is 0 Å². The highest BCUT2D eigenvalue weighted by atomic mass is 32.2. The molecule has 5 heteroatoms. The summed E-state index contributed by atoms with van der Waals surface area (Å²) in [5, 5.41) is 2.85. The summed E-state index contributed by atoms with van der Waals surface area (Å²) in [5.41, 5.74) is 2.84. The summed E-state index contributed by atoms with van der Waals surface area (Å²) < 4.78 is 0. The average Bonchev–Trinajstić information content (AvgIpc) is 2.67. The zero-order valence-electron chi connectivity index (χ0n) is 13.5. The van der Waals surface area contributed by atoms with E-state index in [1.807, 2.05) is 48.7 Å². The Morgan fingerprint density at radius 3 is 2.44 bits per heavy atom. The van der Waals surface area contributed by atoms with E-state index in [0.717, 1.165) is 21.9 Å². The van der Waals surface area contributed by atoms with Crippen LogP contribution in [0.2, 0.25) is 0 Å². The molecule has 0 radical (unpaired) electrons. The monoisotopic (exact) mass is 347 g/mol. The number of hydrogen-bond donors (Lipinski definition) is 1. The smallest absolute Gasteiger partial charge is 0.248 e. The molecular weight excluding hydrogens is 330 g/mol. The van der Waals surface area contributed by atoms with Crippen LogP contribution in [-0.4, -0.2) is 15.9 Å². The van der Waals surface area contributed by atoms with E-state index in [0.29, 0.717) is 0 Å².